The molecule has 0 saturated carbocycles. The molecule has 2 aromatic carbocycles. The van der Waals surface area contributed by atoms with E-state index in [1.807, 2.05) is 6.92 Å². The third-order valence-corrected chi connectivity index (χ3v) is 4.98. The van der Waals surface area contributed by atoms with Crippen LogP contribution in [0.3, 0.4) is 0 Å². The molecule has 1 heterocycles. The molecule has 1 atom stereocenters. The number of hydrogen-bond donors (Lipinski definition) is 2. The number of ether oxygens (including phenoxy) is 2. The van der Waals surface area contributed by atoms with Gasteiger partial charge in [0.25, 0.3) is 0 Å². The average molecular weight is 451 g/mol. The summed E-state index contributed by atoms with van der Waals surface area (Å²) in [6.45, 7) is 6.74. The standard InChI is InChI=1S/C20H20ClFN4O3S/c1-3-28-7-8-29-19-11-17-14(10-18(19)26-30(27)4-2)20(24-12-23-17)25-13-5-6-16(22)15(21)9-13/h4-6,9-12,26H,2-3,7-8H2,1H3,(H,23,24,25). The van der Waals surface area contributed by atoms with E-state index in [4.69, 9.17) is 21.1 Å². The average Bonchev–Trinajstić information content (AvgIpc) is 2.74. The van der Waals surface area contributed by atoms with E-state index in [9.17, 15) is 8.60 Å². The Morgan fingerprint density at radius 2 is 2.10 bits per heavy atom. The second kappa shape index (κ2) is 10.3. The zero-order valence-corrected chi connectivity index (χ0v) is 17.7. The Morgan fingerprint density at radius 3 is 2.83 bits per heavy atom. The Balaban J connectivity index is 1.98. The largest absolute Gasteiger partial charge is 0.489 e. The van der Waals surface area contributed by atoms with Gasteiger partial charge in [0, 0.05) is 29.2 Å². The summed E-state index contributed by atoms with van der Waals surface area (Å²) in [4.78, 5) is 8.56. The summed E-state index contributed by atoms with van der Waals surface area (Å²) < 4.78 is 39.3. The predicted octanol–water partition coefficient (Wildman–Crippen LogP) is 4.80. The highest BCUT2D eigenvalue weighted by Crippen LogP contribution is 2.34. The maximum absolute atomic E-state index is 13.4. The first-order chi connectivity index (χ1) is 14.5. The van der Waals surface area contributed by atoms with Crippen molar-refractivity contribution in [2.45, 2.75) is 6.92 Å². The minimum absolute atomic E-state index is 0.00733. The van der Waals surface area contributed by atoms with Crippen molar-refractivity contribution in [2.24, 2.45) is 0 Å². The number of halogens is 2. The fourth-order valence-electron chi connectivity index (χ4n) is 2.60. The fraction of sp³-hybridized carbons (Fsp3) is 0.200. The van der Waals surface area contributed by atoms with Crippen LogP contribution in [0.15, 0.2) is 48.6 Å². The molecule has 0 radical (unpaired) electrons. The number of fused-ring (bicyclic) bond motifs is 1. The molecule has 158 valence electrons. The Labute approximate surface area is 180 Å². The van der Waals surface area contributed by atoms with Gasteiger partial charge < -0.3 is 14.8 Å². The van der Waals surface area contributed by atoms with E-state index >= 15 is 0 Å². The van der Waals surface area contributed by atoms with Gasteiger partial charge >= 0.3 is 0 Å². The molecule has 10 heteroatoms. The molecule has 0 aliphatic heterocycles. The first-order valence-corrected chi connectivity index (χ1v) is 10.6. The molecular formula is C20H20ClFN4O3S. The van der Waals surface area contributed by atoms with Crippen LogP contribution in [0.4, 0.5) is 21.6 Å². The fourth-order valence-corrected chi connectivity index (χ4v) is 3.24. The molecule has 30 heavy (non-hydrogen) atoms. The van der Waals surface area contributed by atoms with Gasteiger partial charge in [-0.3, -0.25) is 4.72 Å². The topological polar surface area (TPSA) is 85.4 Å². The van der Waals surface area contributed by atoms with Gasteiger partial charge in [-0.15, -0.1) is 0 Å². The molecule has 3 rings (SSSR count). The Morgan fingerprint density at radius 1 is 1.27 bits per heavy atom. The molecule has 0 bridgehead atoms. The highest BCUT2D eigenvalue weighted by Gasteiger charge is 2.13. The summed E-state index contributed by atoms with van der Waals surface area (Å²) in [5, 5.41) is 5.01. The SMILES string of the molecule is C=CS(=O)Nc1cc2c(Nc3ccc(F)c(Cl)c3)ncnc2cc1OCCOCC. The summed E-state index contributed by atoms with van der Waals surface area (Å²) in [5.41, 5.74) is 1.64. The van der Waals surface area contributed by atoms with Gasteiger partial charge in [-0.2, -0.15) is 0 Å². The lowest BCUT2D eigenvalue weighted by Gasteiger charge is -2.15. The predicted molar refractivity (Wildman–Crippen MR) is 118 cm³/mol. The van der Waals surface area contributed by atoms with Crippen molar-refractivity contribution in [1.29, 1.82) is 0 Å². The van der Waals surface area contributed by atoms with Crippen LogP contribution in [0, 0.1) is 5.82 Å². The first kappa shape index (κ1) is 21.9. The van der Waals surface area contributed by atoms with Gasteiger partial charge in [-0.1, -0.05) is 18.2 Å². The van der Waals surface area contributed by atoms with Crippen LogP contribution in [-0.4, -0.2) is 34.0 Å². The lowest BCUT2D eigenvalue weighted by atomic mass is 10.2. The van der Waals surface area contributed by atoms with Crippen molar-refractivity contribution in [2.75, 3.05) is 29.9 Å². The Hall–Kier alpha value is -2.75. The summed E-state index contributed by atoms with van der Waals surface area (Å²) in [6, 6.07) is 7.71. The Kier molecular flexibility index (Phi) is 7.56. The maximum atomic E-state index is 13.4. The lowest BCUT2D eigenvalue weighted by Crippen LogP contribution is -2.09. The van der Waals surface area contributed by atoms with Crippen molar-refractivity contribution in [3.05, 3.63) is 59.5 Å². The second-order valence-electron chi connectivity index (χ2n) is 5.95. The van der Waals surface area contributed by atoms with E-state index in [0.717, 1.165) is 0 Å². The number of nitrogens with one attached hydrogen (secondary N) is 2. The minimum Gasteiger partial charge on any atom is -0.489 e. The van der Waals surface area contributed by atoms with Gasteiger partial charge in [0.2, 0.25) is 0 Å². The van der Waals surface area contributed by atoms with Gasteiger partial charge in [0.1, 0.15) is 41.3 Å². The highest BCUT2D eigenvalue weighted by atomic mass is 35.5. The summed E-state index contributed by atoms with van der Waals surface area (Å²) >= 11 is 5.86. The van der Waals surface area contributed by atoms with Crippen molar-refractivity contribution in [3.8, 4) is 5.75 Å². The number of rotatable bonds is 10. The summed E-state index contributed by atoms with van der Waals surface area (Å²) in [6.07, 6.45) is 1.40. The maximum Gasteiger partial charge on any atom is 0.145 e. The third-order valence-electron chi connectivity index (χ3n) is 3.97. The Bertz CT molecular complexity index is 1080. The molecule has 3 aromatic rings. The zero-order valence-electron chi connectivity index (χ0n) is 16.2. The van der Waals surface area contributed by atoms with E-state index < -0.39 is 16.8 Å². The first-order valence-electron chi connectivity index (χ1n) is 9.03. The van der Waals surface area contributed by atoms with Gasteiger partial charge in [-0.25, -0.2) is 18.6 Å². The number of anilines is 3. The number of nitrogens with zero attached hydrogens (tertiary/aromatic N) is 2. The molecular weight excluding hydrogens is 431 g/mol. The summed E-state index contributed by atoms with van der Waals surface area (Å²) in [5.74, 6) is 0.421. The molecule has 2 N–H and O–H groups in total. The molecule has 0 amide bonds. The van der Waals surface area contributed by atoms with Crippen molar-refractivity contribution in [1.82, 2.24) is 9.97 Å². The molecule has 7 nitrogen and oxygen atoms in total. The molecule has 0 spiro atoms. The van der Waals surface area contributed by atoms with E-state index in [1.165, 1.54) is 23.9 Å². The lowest BCUT2D eigenvalue weighted by molar-refractivity contribution is 0.110. The quantitative estimate of drug-likeness (QED) is 0.431. The molecule has 1 unspecified atom stereocenters. The van der Waals surface area contributed by atoms with E-state index in [2.05, 4.69) is 26.6 Å². The second-order valence-corrected chi connectivity index (χ2v) is 7.49. The van der Waals surface area contributed by atoms with Crippen molar-refractivity contribution in [3.63, 3.8) is 0 Å². The molecule has 0 saturated heterocycles. The zero-order chi connectivity index (χ0) is 21.5. The van der Waals surface area contributed by atoms with Crippen LogP contribution < -0.4 is 14.8 Å². The number of aromatic nitrogens is 2. The van der Waals surface area contributed by atoms with Crippen LogP contribution in [0.25, 0.3) is 10.9 Å². The molecule has 0 aliphatic carbocycles. The third kappa shape index (κ3) is 5.44. The molecule has 1 aromatic heterocycles. The minimum atomic E-state index is -1.51. The van der Waals surface area contributed by atoms with Crippen LogP contribution in [0.2, 0.25) is 5.02 Å². The normalized spacial score (nSPS) is 11.8. The van der Waals surface area contributed by atoms with Gasteiger partial charge in [0.05, 0.1) is 22.8 Å². The van der Waals surface area contributed by atoms with Crippen LogP contribution >= 0.6 is 11.6 Å². The molecule has 0 aliphatic rings. The van der Waals surface area contributed by atoms with Gasteiger partial charge in [0.15, 0.2) is 0 Å². The summed E-state index contributed by atoms with van der Waals surface area (Å²) in [7, 11) is -1.51. The van der Waals surface area contributed by atoms with E-state index in [-0.39, 0.29) is 5.02 Å². The molecule has 0 fully saturated rings. The van der Waals surface area contributed by atoms with Crippen LogP contribution in [-0.2, 0) is 15.7 Å². The van der Waals surface area contributed by atoms with Crippen LogP contribution in [0.1, 0.15) is 6.92 Å². The number of benzene rings is 2. The van der Waals surface area contributed by atoms with Gasteiger partial charge in [-0.05, 0) is 31.2 Å². The monoisotopic (exact) mass is 450 g/mol. The van der Waals surface area contributed by atoms with Crippen LogP contribution in [0.5, 0.6) is 5.75 Å². The van der Waals surface area contributed by atoms with Crippen molar-refractivity contribution < 1.29 is 18.1 Å². The van der Waals surface area contributed by atoms with Crippen molar-refractivity contribution >= 4 is 50.7 Å². The number of hydrogen-bond acceptors (Lipinski definition) is 6. The van der Waals surface area contributed by atoms with E-state index in [0.29, 0.717) is 53.7 Å². The van der Waals surface area contributed by atoms with E-state index in [1.54, 1.807) is 18.2 Å². The highest BCUT2D eigenvalue weighted by molar-refractivity contribution is 7.89. The smallest absolute Gasteiger partial charge is 0.145 e.